The van der Waals surface area contributed by atoms with E-state index in [9.17, 15) is 0 Å². The van der Waals surface area contributed by atoms with Crippen molar-refractivity contribution in [3.05, 3.63) is 408 Å². The van der Waals surface area contributed by atoms with E-state index in [1.165, 1.54) is 143 Å². The van der Waals surface area contributed by atoms with Crippen molar-refractivity contribution in [2.45, 2.75) is 149 Å². The van der Waals surface area contributed by atoms with E-state index < -0.39 is 0 Å². The highest BCUT2D eigenvalue weighted by Crippen LogP contribution is 2.64. The Balaban J connectivity index is 0.000000205. The highest BCUT2D eigenvalue weighted by molar-refractivity contribution is 6.07. The molecule has 0 saturated heterocycles. The molecule has 0 nitrogen and oxygen atoms in total. The molecule has 0 N–H and O–H groups in total. The first-order valence-corrected chi connectivity index (χ1v) is 40.6. The summed E-state index contributed by atoms with van der Waals surface area (Å²) in [5.41, 5.74) is 21.8. The highest BCUT2D eigenvalue weighted by atomic mass is 14.5. The molecule has 0 amide bonds. The Labute approximate surface area is 651 Å². The number of benzene rings is 16. The van der Waals surface area contributed by atoms with Gasteiger partial charge in [0.25, 0.3) is 0 Å². The minimum atomic E-state index is -0.180. The van der Waals surface area contributed by atoms with Crippen LogP contribution in [0.4, 0.5) is 0 Å². The first kappa shape index (κ1) is 85.7. The zero-order chi connectivity index (χ0) is 78.4. The molecule has 0 unspecified atom stereocenters. The predicted molar refractivity (Wildman–Crippen MR) is 486 cm³/mol. The van der Waals surface area contributed by atoms with Crippen LogP contribution in [0.15, 0.2) is 364 Å². The minimum absolute atomic E-state index is 0.180. The van der Waals surface area contributed by atoms with Gasteiger partial charge in [-0.2, -0.15) is 0 Å². The van der Waals surface area contributed by atoms with Crippen LogP contribution in [0.25, 0.3) is 98.4 Å². The first-order chi connectivity index (χ1) is 53.7. The first-order valence-electron chi connectivity index (χ1n) is 40.6. The number of hydrogen-bond donors (Lipinski definition) is 0. The lowest BCUT2D eigenvalue weighted by Gasteiger charge is -2.30. The van der Waals surface area contributed by atoms with Crippen molar-refractivity contribution in [1.29, 1.82) is 0 Å². The maximum Gasteiger partial charge on any atom is 0.0725 e. The van der Waals surface area contributed by atoms with Crippen LogP contribution in [-0.2, 0) is 10.8 Å². The molecule has 16 aromatic rings. The molecule has 0 saturated carbocycles. The Morgan fingerprint density at radius 3 is 0.426 bits per heavy atom. The molecule has 2 spiro atoms. The number of fused-ring (bicyclic) bond motifs is 26. The Bertz CT molecular complexity index is 4510. The van der Waals surface area contributed by atoms with Gasteiger partial charge in [-0.3, -0.25) is 0 Å². The summed E-state index contributed by atoms with van der Waals surface area (Å²) in [5.74, 6) is 0. The Kier molecular flexibility index (Phi) is 35.5. The van der Waals surface area contributed by atoms with E-state index in [1.54, 1.807) is 0 Å². The molecule has 16 aromatic carbocycles. The Morgan fingerprint density at radius 2 is 0.250 bits per heavy atom. The molecule has 108 heavy (non-hydrogen) atoms. The monoisotopic (exact) mass is 1420 g/mol. The highest BCUT2D eigenvalue weighted by Gasteiger charge is 2.52. The van der Waals surface area contributed by atoms with E-state index >= 15 is 0 Å². The maximum absolute atomic E-state index is 2.31. The van der Waals surface area contributed by atoms with Crippen LogP contribution in [0.1, 0.15) is 183 Å². The number of hydrogen-bond acceptors (Lipinski definition) is 0. The van der Waals surface area contributed by atoms with Crippen LogP contribution in [0, 0.1) is 0 Å². The van der Waals surface area contributed by atoms with Gasteiger partial charge in [0.05, 0.1) is 10.8 Å². The molecule has 0 heterocycles. The van der Waals surface area contributed by atoms with E-state index in [0.29, 0.717) is 0 Å². The van der Waals surface area contributed by atoms with Crippen LogP contribution in [0.2, 0.25) is 0 Å². The van der Waals surface area contributed by atoms with E-state index in [2.05, 4.69) is 364 Å². The van der Waals surface area contributed by atoms with Gasteiger partial charge in [-0.1, -0.05) is 490 Å². The summed E-state index contributed by atoms with van der Waals surface area (Å²) in [5, 5.41) is 13.2. The molecular formula is C108H120. The van der Waals surface area contributed by atoms with Crippen LogP contribution < -0.4 is 0 Å². The largest absolute Gasteiger partial charge is 0.0725 e. The van der Waals surface area contributed by atoms with Gasteiger partial charge in [0.1, 0.15) is 0 Å². The van der Waals surface area contributed by atoms with E-state index in [1.807, 2.05) is 138 Å². The fraction of sp³-hybridized carbons (Fsp3) is 0.204. The van der Waals surface area contributed by atoms with E-state index in [0.717, 1.165) is 0 Å². The molecule has 4 aliphatic carbocycles. The molecule has 0 aromatic heterocycles. The van der Waals surface area contributed by atoms with Crippen LogP contribution in [0.5, 0.6) is 0 Å². The zero-order valence-electron chi connectivity index (χ0n) is 68.6. The molecule has 0 radical (unpaired) electrons. The second-order valence-electron chi connectivity index (χ2n) is 23.3. The van der Waals surface area contributed by atoms with Gasteiger partial charge in [-0.25, -0.2) is 0 Å². The average Bonchev–Trinajstić information content (AvgIpc) is 1.52. The van der Waals surface area contributed by atoms with Crippen molar-refractivity contribution < 1.29 is 0 Å². The third kappa shape index (κ3) is 17.3. The molecule has 20 rings (SSSR count). The topological polar surface area (TPSA) is 0 Å². The summed E-state index contributed by atoms with van der Waals surface area (Å²) in [6.45, 7) is 40.0. The number of rotatable bonds is 0. The third-order valence-electron chi connectivity index (χ3n) is 18.7. The smallest absolute Gasteiger partial charge is 0.0683 e. The van der Waals surface area contributed by atoms with Crippen LogP contribution in [-0.4, -0.2) is 0 Å². The lowest BCUT2D eigenvalue weighted by Crippen LogP contribution is -2.25. The summed E-state index contributed by atoms with van der Waals surface area (Å²) in [4.78, 5) is 0. The molecule has 4 aliphatic rings. The molecule has 0 aliphatic heterocycles. The van der Waals surface area contributed by atoms with E-state index in [-0.39, 0.29) is 10.8 Å². The van der Waals surface area contributed by atoms with Crippen molar-refractivity contribution >= 4 is 53.9 Å². The fourth-order valence-corrected chi connectivity index (χ4v) is 15.1. The summed E-state index contributed by atoms with van der Waals surface area (Å²) in [6.07, 6.45) is 0. The average molecular weight is 1420 g/mol. The molecule has 0 bridgehead atoms. The fourth-order valence-electron chi connectivity index (χ4n) is 15.1. The lowest BCUT2D eigenvalue weighted by molar-refractivity contribution is 0.794. The zero-order valence-corrected chi connectivity index (χ0v) is 68.6. The van der Waals surface area contributed by atoms with Gasteiger partial charge in [0.2, 0.25) is 0 Å². The molecular weight excluding hydrogens is 1300 g/mol. The van der Waals surface area contributed by atoms with Gasteiger partial charge in [-0.05, 0) is 155 Å². The van der Waals surface area contributed by atoms with Gasteiger partial charge in [-0.15, -0.1) is 0 Å². The Hall–Kier alpha value is -11.2. The SMILES string of the molecule is CC.CC.CC.CC.CC.CC.CC.CC.CC.CC.c1ccc2c(c1)-c1ccccc1C21c2ccccc2-c2ccccc21.c1ccc2c(c1)-c1ccccc1C21c2ccccc2-c2ccccc21.c1ccc2c(c1)ccc1ccccc12.c1ccc2cc3ccccc3cc2c1.c1ccc2ccccc2c1. The third-order valence-corrected chi connectivity index (χ3v) is 18.7. The van der Waals surface area contributed by atoms with Crippen molar-refractivity contribution in [2.24, 2.45) is 0 Å². The molecule has 0 heteroatoms. The quantitative estimate of drug-likeness (QED) is 0.105. The molecule has 552 valence electrons. The predicted octanol–water partition coefficient (Wildman–Crippen LogP) is 33.1. The molecule has 0 atom stereocenters. The minimum Gasteiger partial charge on any atom is -0.0683 e. The van der Waals surface area contributed by atoms with Crippen LogP contribution in [0.3, 0.4) is 0 Å². The van der Waals surface area contributed by atoms with Crippen molar-refractivity contribution in [3.8, 4) is 44.5 Å². The second-order valence-corrected chi connectivity index (χ2v) is 23.3. The van der Waals surface area contributed by atoms with Crippen molar-refractivity contribution in [2.75, 3.05) is 0 Å². The van der Waals surface area contributed by atoms with Crippen LogP contribution >= 0.6 is 0 Å². The summed E-state index contributed by atoms with van der Waals surface area (Å²) in [6, 6.07) is 131. The van der Waals surface area contributed by atoms with Gasteiger partial charge in [0.15, 0.2) is 0 Å². The summed E-state index contributed by atoms with van der Waals surface area (Å²) in [7, 11) is 0. The second kappa shape index (κ2) is 44.7. The summed E-state index contributed by atoms with van der Waals surface area (Å²) >= 11 is 0. The standard InChI is InChI=1S/2C25H16.2C14H10.C10H8.10C2H6/c2*1-5-13-21-17(9-1)18-10-2-6-14-22(18)25(21)23-15-7-3-11-19(23)20-12-4-8-16-24(20)25;1-3-7-13-11(5-1)9-10-12-6-2-4-8-14(12)13;1-2-6-12-10-14-8-4-3-7-13(14)9-11(12)5-1;1-2-6-10-8-4-3-7-9(10)5-1;10*1-2/h2*1-16H;2*1-10H;1-8H;10*1-2H3. The summed E-state index contributed by atoms with van der Waals surface area (Å²) < 4.78 is 0. The Morgan fingerprint density at radius 1 is 0.120 bits per heavy atom. The lowest BCUT2D eigenvalue weighted by atomic mass is 9.70. The normalized spacial score (nSPS) is 11.1. The maximum atomic E-state index is 2.31. The van der Waals surface area contributed by atoms with E-state index in [4.69, 9.17) is 0 Å². The van der Waals surface area contributed by atoms with Gasteiger partial charge >= 0.3 is 0 Å². The van der Waals surface area contributed by atoms with Gasteiger partial charge < -0.3 is 0 Å². The molecule has 0 fully saturated rings. The van der Waals surface area contributed by atoms with Crippen molar-refractivity contribution in [3.63, 3.8) is 0 Å². The van der Waals surface area contributed by atoms with Gasteiger partial charge in [0, 0.05) is 0 Å². The van der Waals surface area contributed by atoms with Crippen molar-refractivity contribution in [1.82, 2.24) is 0 Å².